The number of halogens is 1. The number of hydrogen-bond donors (Lipinski definition) is 2. The largest absolute Gasteiger partial charge is 0.381 e. The lowest BCUT2D eigenvalue weighted by Gasteiger charge is -2.21. The highest BCUT2D eigenvalue weighted by Crippen LogP contribution is 2.14. The van der Waals surface area contributed by atoms with Crippen molar-refractivity contribution in [3.8, 4) is 0 Å². The summed E-state index contributed by atoms with van der Waals surface area (Å²) in [5, 5.41) is 6.66. The molecule has 144 valence electrons. The third-order valence-electron chi connectivity index (χ3n) is 3.83. The van der Waals surface area contributed by atoms with Crippen molar-refractivity contribution < 1.29 is 9.47 Å². The van der Waals surface area contributed by atoms with Crippen molar-refractivity contribution in [2.75, 3.05) is 66.7 Å². The van der Waals surface area contributed by atoms with Crippen LogP contribution in [0.5, 0.6) is 0 Å². The Morgan fingerprint density at radius 2 is 1.96 bits per heavy atom. The molecule has 1 heterocycles. The molecule has 2 N–H and O–H groups in total. The zero-order valence-electron chi connectivity index (χ0n) is 15.7. The Balaban J connectivity index is 0.00000529. The van der Waals surface area contributed by atoms with Gasteiger partial charge in [0.05, 0.1) is 0 Å². The van der Waals surface area contributed by atoms with Crippen molar-refractivity contribution in [1.29, 1.82) is 0 Å². The van der Waals surface area contributed by atoms with Crippen LogP contribution in [0.4, 0.5) is 0 Å². The third-order valence-corrected chi connectivity index (χ3v) is 3.83. The second-order valence-electron chi connectivity index (χ2n) is 6.33. The molecule has 1 aliphatic rings. The summed E-state index contributed by atoms with van der Waals surface area (Å²) in [6.07, 6.45) is 4.36. The van der Waals surface area contributed by atoms with E-state index in [0.29, 0.717) is 5.92 Å². The van der Waals surface area contributed by atoms with Gasteiger partial charge in [0.25, 0.3) is 0 Å². The molecule has 0 unspecified atom stereocenters. The summed E-state index contributed by atoms with van der Waals surface area (Å²) < 4.78 is 11.1. The van der Waals surface area contributed by atoms with Gasteiger partial charge in [-0.2, -0.15) is 0 Å². The number of nitrogens with zero attached hydrogens (tertiary/aromatic N) is 2. The van der Waals surface area contributed by atoms with E-state index < -0.39 is 0 Å². The normalized spacial score (nSPS) is 16.1. The standard InChI is InChI=1S/C17H36N4O2.HI/c1-4-18-17(19-9-5-11-21(2)3)20-10-6-12-23-15-16-7-13-22-14-8-16;/h16H,4-15H2,1-3H3,(H2,18,19,20);1H. The molecule has 0 bridgehead atoms. The fourth-order valence-corrected chi connectivity index (χ4v) is 2.46. The Bertz CT molecular complexity index is 311. The Morgan fingerprint density at radius 1 is 1.21 bits per heavy atom. The third kappa shape index (κ3) is 13.2. The van der Waals surface area contributed by atoms with Crippen molar-refractivity contribution in [2.24, 2.45) is 10.9 Å². The second kappa shape index (κ2) is 16.4. The van der Waals surface area contributed by atoms with Gasteiger partial charge >= 0.3 is 0 Å². The minimum absolute atomic E-state index is 0. The number of guanidine groups is 1. The van der Waals surface area contributed by atoms with Gasteiger partial charge in [0.2, 0.25) is 0 Å². The molecule has 1 saturated heterocycles. The van der Waals surface area contributed by atoms with Gasteiger partial charge in [-0.15, -0.1) is 24.0 Å². The molecule has 1 fully saturated rings. The lowest BCUT2D eigenvalue weighted by Crippen LogP contribution is -2.38. The quantitative estimate of drug-likeness (QED) is 0.216. The average molecular weight is 456 g/mol. The first-order valence-corrected chi connectivity index (χ1v) is 9.04. The molecule has 0 aromatic rings. The van der Waals surface area contributed by atoms with Gasteiger partial charge in [-0.05, 0) is 59.2 Å². The molecule has 1 aliphatic heterocycles. The number of ether oxygens (including phenoxy) is 2. The number of hydrogen-bond acceptors (Lipinski definition) is 4. The highest BCUT2D eigenvalue weighted by atomic mass is 127. The number of aliphatic imine (C=N–C) groups is 1. The summed E-state index contributed by atoms with van der Waals surface area (Å²) >= 11 is 0. The van der Waals surface area contributed by atoms with Crippen LogP contribution in [0.1, 0.15) is 32.6 Å². The molecule has 6 nitrogen and oxygen atoms in total. The van der Waals surface area contributed by atoms with Gasteiger partial charge in [0.1, 0.15) is 0 Å². The van der Waals surface area contributed by atoms with Gasteiger partial charge in [0.15, 0.2) is 5.96 Å². The molecule has 0 spiro atoms. The average Bonchev–Trinajstić information content (AvgIpc) is 2.55. The van der Waals surface area contributed by atoms with E-state index in [-0.39, 0.29) is 24.0 Å². The molecule has 24 heavy (non-hydrogen) atoms. The van der Waals surface area contributed by atoms with Crippen LogP contribution in [-0.4, -0.2) is 77.6 Å². The van der Waals surface area contributed by atoms with E-state index in [1.807, 2.05) is 0 Å². The fraction of sp³-hybridized carbons (Fsp3) is 0.941. The summed E-state index contributed by atoms with van der Waals surface area (Å²) in [5.41, 5.74) is 0. The Kier molecular flexibility index (Phi) is 16.3. The highest BCUT2D eigenvalue weighted by molar-refractivity contribution is 14.0. The minimum Gasteiger partial charge on any atom is -0.381 e. The Hall–Kier alpha value is -0.120. The molecule has 0 saturated carbocycles. The van der Waals surface area contributed by atoms with E-state index in [2.05, 4.69) is 41.5 Å². The van der Waals surface area contributed by atoms with Crippen LogP contribution in [0.25, 0.3) is 0 Å². The fourth-order valence-electron chi connectivity index (χ4n) is 2.46. The maximum absolute atomic E-state index is 5.77. The van der Waals surface area contributed by atoms with Gasteiger partial charge < -0.3 is 25.0 Å². The first-order chi connectivity index (χ1) is 11.2. The number of rotatable bonds is 11. The Labute approximate surface area is 165 Å². The smallest absolute Gasteiger partial charge is 0.191 e. The maximum Gasteiger partial charge on any atom is 0.191 e. The molecular formula is C17H37IN4O2. The van der Waals surface area contributed by atoms with Crippen molar-refractivity contribution in [2.45, 2.75) is 32.6 Å². The molecule has 0 atom stereocenters. The van der Waals surface area contributed by atoms with E-state index in [1.165, 1.54) is 0 Å². The van der Waals surface area contributed by atoms with Crippen LogP contribution in [-0.2, 0) is 9.47 Å². The monoisotopic (exact) mass is 456 g/mol. The molecular weight excluding hydrogens is 419 g/mol. The maximum atomic E-state index is 5.77. The van der Waals surface area contributed by atoms with Crippen LogP contribution in [0.3, 0.4) is 0 Å². The van der Waals surface area contributed by atoms with E-state index in [4.69, 9.17) is 9.47 Å². The summed E-state index contributed by atoms with van der Waals surface area (Å²) in [6.45, 7) is 9.27. The molecule has 0 aliphatic carbocycles. The van der Waals surface area contributed by atoms with E-state index in [0.717, 1.165) is 84.2 Å². The summed E-state index contributed by atoms with van der Waals surface area (Å²) in [4.78, 5) is 6.79. The second-order valence-corrected chi connectivity index (χ2v) is 6.33. The minimum atomic E-state index is 0. The topological polar surface area (TPSA) is 58.1 Å². The van der Waals surface area contributed by atoms with E-state index in [9.17, 15) is 0 Å². The summed E-state index contributed by atoms with van der Waals surface area (Å²) in [7, 11) is 4.19. The molecule has 1 rings (SSSR count). The van der Waals surface area contributed by atoms with Crippen LogP contribution >= 0.6 is 24.0 Å². The number of nitrogens with one attached hydrogen (secondary N) is 2. The van der Waals surface area contributed by atoms with Crippen LogP contribution in [0.15, 0.2) is 4.99 Å². The van der Waals surface area contributed by atoms with Crippen molar-refractivity contribution in [3.63, 3.8) is 0 Å². The first kappa shape index (κ1) is 23.9. The SMILES string of the molecule is CCNC(=NCCCOCC1CCOCC1)NCCCN(C)C.I. The van der Waals surface area contributed by atoms with Crippen LogP contribution in [0.2, 0.25) is 0 Å². The van der Waals surface area contributed by atoms with E-state index in [1.54, 1.807) is 0 Å². The van der Waals surface area contributed by atoms with Crippen molar-refractivity contribution in [1.82, 2.24) is 15.5 Å². The van der Waals surface area contributed by atoms with Crippen molar-refractivity contribution >= 4 is 29.9 Å². The lowest BCUT2D eigenvalue weighted by atomic mass is 10.0. The van der Waals surface area contributed by atoms with Gasteiger partial charge in [-0.1, -0.05) is 0 Å². The predicted octanol–water partition coefficient (Wildman–Crippen LogP) is 1.94. The highest BCUT2D eigenvalue weighted by Gasteiger charge is 2.13. The van der Waals surface area contributed by atoms with Gasteiger partial charge in [-0.25, -0.2) is 0 Å². The molecule has 0 radical (unpaired) electrons. The first-order valence-electron chi connectivity index (χ1n) is 9.04. The Morgan fingerprint density at radius 3 is 2.62 bits per heavy atom. The van der Waals surface area contributed by atoms with Crippen LogP contribution < -0.4 is 10.6 Å². The van der Waals surface area contributed by atoms with Gasteiger partial charge in [-0.3, -0.25) is 4.99 Å². The lowest BCUT2D eigenvalue weighted by molar-refractivity contribution is 0.0205. The molecule has 0 aromatic heterocycles. The zero-order valence-corrected chi connectivity index (χ0v) is 18.0. The zero-order chi connectivity index (χ0) is 16.8. The van der Waals surface area contributed by atoms with Gasteiger partial charge in [0, 0.05) is 46.1 Å². The van der Waals surface area contributed by atoms with E-state index >= 15 is 0 Å². The predicted molar refractivity (Wildman–Crippen MR) is 112 cm³/mol. The van der Waals surface area contributed by atoms with Crippen LogP contribution in [0, 0.1) is 5.92 Å². The summed E-state index contributed by atoms with van der Waals surface area (Å²) in [5.74, 6) is 1.60. The summed E-state index contributed by atoms with van der Waals surface area (Å²) in [6, 6.07) is 0. The van der Waals surface area contributed by atoms with Crippen molar-refractivity contribution in [3.05, 3.63) is 0 Å². The molecule has 0 amide bonds. The molecule has 0 aromatic carbocycles. The molecule has 7 heteroatoms.